The van der Waals surface area contributed by atoms with Gasteiger partial charge in [0, 0.05) is 17.5 Å². The fraction of sp³-hybridized carbons (Fsp3) is 0.500. The lowest BCUT2D eigenvalue weighted by molar-refractivity contribution is -0.131. The van der Waals surface area contributed by atoms with E-state index in [9.17, 15) is 4.79 Å². The molecular weight excluding hydrogens is 240 g/mol. The average molecular weight is 251 g/mol. The molecule has 0 aliphatic carbocycles. The number of aliphatic hydroxyl groups is 1. The van der Waals surface area contributed by atoms with Crippen LogP contribution in [0.5, 0.6) is 0 Å². The summed E-state index contributed by atoms with van der Waals surface area (Å²) >= 11 is 10.8. The molecule has 0 aromatic rings. The molecule has 7 heteroatoms. The van der Waals surface area contributed by atoms with E-state index in [4.69, 9.17) is 39.1 Å². The molecule has 0 aromatic carbocycles. The third-order valence-corrected chi connectivity index (χ3v) is 1.93. The van der Waals surface area contributed by atoms with Gasteiger partial charge in [-0.25, -0.2) is 4.79 Å². The number of halogens is 3. The molecular formula is C6H10Cl3NO3. The standard InChI is InChI=1S/C6H9Cl2NO3.ClH/c7-4(1-3(9)2-10)5(8)6(11)12;/h3,10H,1-2,9H2,(H,11,12);1H/b5-4+;. The van der Waals surface area contributed by atoms with E-state index in [2.05, 4.69) is 0 Å². The van der Waals surface area contributed by atoms with Gasteiger partial charge in [-0.3, -0.25) is 0 Å². The van der Waals surface area contributed by atoms with E-state index in [0.29, 0.717) is 0 Å². The van der Waals surface area contributed by atoms with Crippen molar-refractivity contribution >= 4 is 41.6 Å². The Morgan fingerprint density at radius 2 is 1.92 bits per heavy atom. The van der Waals surface area contributed by atoms with Gasteiger partial charge in [0.25, 0.3) is 0 Å². The fourth-order valence-electron chi connectivity index (χ4n) is 0.500. The number of aliphatic carboxylic acids is 1. The smallest absolute Gasteiger partial charge is 0.348 e. The minimum absolute atomic E-state index is 0. The summed E-state index contributed by atoms with van der Waals surface area (Å²) in [7, 11) is 0. The van der Waals surface area contributed by atoms with Gasteiger partial charge in [0.15, 0.2) is 0 Å². The highest BCUT2D eigenvalue weighted by atomic mass is 35.5. The Morgan fingerprint density at radius 1 is 1.46 bits per heavy atom. The van der Waals surface area contributed by atoms with Gasteiger partial charge in [-0.2, -0.15) is 0 Å². The number of hydrogen-bond acceptors (Lipinski definition) is 3. The van der Waals surface area contributed by atoms with E-state index >= 15 is 0 Å². The van der Waals surface area contributed by atoms with Gasteiger partial charge >= 0.3 is 5.97 Å². The lowest BCUT2D eigenvalue weighted by Gasteiger charge is -2.06. The predicted octanol–water partition coefficient (Wildman–Crippen LogP) is 0.892. The molecule has 13 heavy (non-hydrogen) atoms. The first-order valence-corrected chi connectivity index (χ1v) is 3.88. The SMILES string of the molecule is Cl.NC(CO)C/C(Cl)=C(\Cl)C(=O)O. The van der Waals surface area contributed by atoms with Crippen molar-refractivity contribution in [1.82, 2.24) is 0 Å². The summed E-state index contributed by atoms with van der Waals surface area (Å²) in [5, 5.41) is 16.4. The fourth-order valence-corrected chi connectivity index (χ4v) is 0.857. The predicted molar refractivity (Wildman–Crippen MR) is 53.3 cm³/mol. The Bertz CT molecular complexity index is 207. The van der Waals surface area contributed by atoms with Crippen LogP contribution in [0, 0.1) is 0 Å². The Morgan fingerprint density at radius 3 is 2.23 bits per heavy atom. The summed E-state index contributed by atoms with van der Waals surface area (Å²) in [4.78, 5) is 10.2. The number of hydrogen-bond donors (Lipinski definition) is 3. The van der Waals surface area contributed by atoms with E-state index in [1.54, 1.807) is 0 Å². The van der Waals surface area contributed by atoms with Gasteiger partial charge in [0.1, 0.15) is 5.03 Å². The molecule has 0 saturated heterocycles. The summed E-state index contributed by atoms with van der Waals surface area (Å²) in [6.07, 6.45) is 0.0587. The Hall–Kier alpha value is -0.000000000000000111. The van der Waals surface area contributed by atoms with Crippen LogP contribution < -0.4 is 5.73 Å². The van der Waals surface area contributed by atoms with Gasteiger partial charge in [0.05, 0.1) is 6.61 Å². The van der Waals surface area contributed by atoms with Gasteiger partial charge in [-0.1, -0.05) is 23.2 Å². The molecule has 0 aliphatic rings. The van der Waals surface area contributed by atoms with Crippen molar-refractivity contribution in [2.75, 3.05) is 6.61 Å². The van der Waals surface area contributed by atoms with Crippen molar-refractivity contribution in [3.63, 3.8) is 0 Å². The molecule has 78 valence electrons. The number of aliphatic hydroxyl groups excluding tert-OH is 1. The largest absolute Gasteiger partial charge is 0.477 e. The third-order valence-electron chi connectivity index (χ3n) is 1.10. The minimum Gasteiger partial charge on any atom is -0.477 e. The van der Waals surface area contributed by atoms with Gasteiger partial charge in [-0.15, -0.1) is 12.4 Å². The van der Waals surface area contributed by atoms with Gasteiger partial charge in [-0.05, 0) is 0 Å². The molecule has 4 N–H and O–H groups in total. The van der Waals surface area contributed by atoms with Crippen LogP contribution in [-0.4, -0.2) is 28.8 Å². The average Bonchev–Trinajstić information content (AvgIpc) is 2.02. The van der Waals surface area contributed by atoms with Crippen LogP contribution in [0.1, 0.15) is 6.42 Å². The molecule has 0 fully saturated rings. The second-order valence-electron chi connectivity index (χ2n) is 2.17. The third kappa shape index (κ3) is 6.12. The van der Waals surface area contributed by atoms with Crippen LogP contribution in [0.25, 0.3) is 0 Å². The molecule has 0 spiro atoms. The maximum absolute atomic E-state index is 10.2. The Kier molecular flexibility index (Phi) is 8.82. The first-order chi connectivity index (χ1) is 5.49. The van der Waals surface area contributed by atoms with E-state index in [-0.39, 0.29) is 30.5 Å². The zero-order valence-corrected chi connectivity index (χ0v) is 8.86. The number of nitrogens with two attached hydrogens (primary N) is 1. The second-order valence-corrected chi connectivity index (χ2v) is 3.01. The highest BCUT2D eigenvalue weighted by Gasteiger charge is 2.12. The quantitative estimate of drug-likeness (QED) is 0.647. The zero-order chi connectivity index (χ0) is 9.72. The molecule has 0 rings (SSSR count). The number of rotatable bonds is 4. The first-order valence-electron chi connectivity index (χ1n) is 3.13. The van der Waals surface area contributed by atoms with Crippen molar-refractivity contribution in [2.24, 2.45) is 5.73 Å². The van der Waals surface area contributed by atoms with Crippen molar-refractivity contribution in [3.8, 4) is 0 Å². The first kappa shape index (κ1) is 15.5. The van der Waals surface area contributed by atoms with Gasteiger partial charge < -0.3 is 15.9 Å². The van der Waals surface area contributed by atoms with Crippen molar-refractivity contribution in [3.05, 3.63) is 10.1 Å². The minimum atomic E-state index is -1.30. The van der Waals surface area contributed by atoms with Crippen LogP contribution in [0.3, 0.4) is 0 Å². The van der Waals surface area contributed by atoms with Crippen LogP contribution >= 0.6 is 35.6 Å². The highest BCUT2D eigenvalue weighted by molar-refractivity contribution is 6.47. The molecule has 1 unspecified atom stereocenters. The molecule has 0 saturated carbocycles. The van der Waals surface area contributed by atoms with Gasteiger partial charge in [0.2, 0.25) is 0 Å². The molecule has 0 amide bonds. The molecule has 4 nitrogen and oxygen atoms in total. The topological polar surface area (TPSA) is 83.5 Å². The van der Waals surface area contributed by atoms with E-state index in [1.165, 1.54) is 0 Å². The van der Waals surface area contributed by atoms with Crippen LogP contribution in [0.15, 0.2) is 10.1 Å². The molecule has 0 bridgehead atoms. The summed E-state index contributed by atoms with van der Waals surface area (Å²) < 4.78 is 0. The molecule has 0 aromatic heterocycles. The maximum Gasteiger partial charge on any atom is 0.348 e. The van der Waals surface area contributed by atoms with E-state index < -0.39 is 17.0 Å². The molecule has 0 aliphatic heterocycles. The molecule has 0 heterocycles. The summed E-state index contributed by atoms with van der Waals surface area (Å²) in [5.74, 6) is -1.30. The maximum atomic E-state index is 10.2. The lowest BCUT2D eigenvalue weighted by Crippen LogP contribution is -2.24. The molecule has 1 atom stereocenters. The second kappa shape index (κ2) is 7.41. The lowest BCUT2D eigenvalue weighted by atomic mass is 10.2. The van der Waals surface area contributed by atoms with E-state index in [1.807, 2.05) is 0 Å². The van der Waals surface area contributed by atoms with Crippen molar-refractivity contribution < 1.29 is 15.0 Å². The van der Waals surface area contributed by atoms with Crippen molar-refractivity contribution in [1.29, 1.82) is 0 Å². The number of carbonyl (C=O) groups is 1. The Balaban J connectivity index is 0. The van der Waals surface area contributed by atoms with Crippen LogP contribution in [-0.2, 0) is 4.79 Å². The Labute approximate surface area is 91.7 Å². The summed E-state index contributed by atoms with van der Waals surface area (Å²) in [5.41, 5.74) is 5.29. The number of carboxylic acid groups (broad SMARTS) is 1. The van der Waals surface area contributed by atoms with E-state index in [0.717, 1.165) is 0 Å². The van der Waals surface area contributed by atoms with Crippen LogP contribution in [0.4, 0.5) is 0 Å². The molecule has 0 radical (unpaired) electrons. The number of carboxylic acids is 1. The summed E-state index contributed by atoms with van der Waals surface area (Å²) in [6.45, 7) is -0.264. The van der Waals surface area contributed by atoms with Crippen LogP contribution in [0.2, 0.25) is 0 Å². The highest BCUT2D eigenvalue weighted by Crippen LogP contribution is 2.18. The zero-order valence-electron chi connectivity index (χ0n) is 6.54. The summed E-state index contributed by atoms with van der Waals surface area (Å²) in [6, 6.07) is -0.578. The normalized spacial score (nSPS) is 14.2. The monoisotopic (exact) mass is 249 g/mol. The van der Waals surface area contributed by atoms with Crippen molar-refractivity contribution in [2.45, 2.75) is 12.5 Å².